The van der Waals surface area contributed by atoms with Crippen LogP contribution in [0.1, 0.15) is 22.3 Å². The van der Waals surface area contributed by atoms with Crippen LogP contribution < -0.4 is 9.04 Å². The van der Waals surface area contributed by atoms with E-state index in [9.17, 15) is 13.2 Å². The topological polar surface area (TPSA) is 66.9 Å². The lowest BCUT2D eigenvalue weighted by molar-refractivity contribution is -0.128. The maximum absolute atomic E-state index is 13.6. The Morgan fingerprint density at radius 3 is 2.09 bits per heavy atom. The summed E-state index contributed by atoms with van der Waals surface area (Å²) < 4.78 is 33.8. The summed E-state index contributed by atoms with van der Waals surface area (Å²) in [6.07, 6.45) is 0. The average molecular weight is 467 g/mol. The molecule has 0 saturated carbocycles. The fourth-order valence-electron chi connectivity index (χ4n) is 3.67. The van der Waals surface area contributed by atoms with Crippen molar-refractivity contribution in [3.05, 3.63) is 89.0 Å². The smallest absolute Gasteiger partial charge is 0.264 e. The molecule has 0 atom stereocenters. The van der Waals surface area contributed by atoms with Crippen LogP contribution in [0.2, 0.25) is 0 Å². The molecule has 174 valence electrons. The molecule has 0 aliphatic carbocycles. The van der Waals surface area contributed by atoms with Crippen LogP contribution in [0.15, 0.2) is 71.6 Å². The van der Waals surface area contributed by atoms with Crippen molar-refractivity contribution >= 4 is 21.6 Å². The highest BCUT2D eigenvalue weighted by Crippen LogP contribution is 2.27. The lowest BCUT2D eigenvalue weighted by Crippen LogP contribution is -2.41. The maximum Gasteiger partial charge on any atom is 0.264 e. The van der Waals surface area contributed by atoms with E-state index >= 15 is 0 Å². The number of likely N-dealkylation sites (N-methyl/N-ethyl adjacent to an activating group) is 1. The zero-order valence-electron chi connectivity index (χ0n) is 19.7. The maximum atomic E-state index is 13.6. The van der Waals surface area contributed by atoms with Crippen LogP contribution in [0, 0.1) is 20.8 Å². The van der Waals surface area contributed by atoms with Gasteiger partial charge in [-0.25, -0.2) is 8.42 Å². The van der Waals surface area contributed by atoms with Crippen LogP contribution in [-0.4, -0.2) is 39.9 Å². The highest BCUT2D eigenvalue weighted by atomic mass is 32.2. The summed E-state index contributed by atoms with van der Waals surface area (Å²) in [6, 6.07) is 19.6. The molecule has 0 saturated heterocycles. The highest BCUT2D eigenvalue weighted by molar-refractivity contribution is 7.92. The molecule has 0 aliphatic rings. The molecule has 0 N–H and O–H groups in total. The number of benzene rings is 3. The number of ether oxygens (including phenoxy) is 1. The van der Waals surface area contributed by atoms with Crippen LogP contribution in [0.3, 0.4) is 0 Å². The number of carbonyl (C=O) groups is 1. The predicted octanol–water partition coefficient (Wildman–Crippen LogP) is 4.47. The second kappa shape index (κ2) is 10.1. The molecule has 0 radical (unpaired) electrons. The predicted molar refractivity (Wildman–Crippen MR) is 131 cm³/mol. The Morgan fingerprint density at radius 1 is 0.879 bits per heavy atom. The number of methoxy groups -OCH3 is 1. The van der Waals surface area contributed by atoms with Gasteiger partial charge >= 0.3 is 0 Å². The van der Waals surface area contributed by atoms with E-state index in [1.807, 2.05) is 51.1 Å². The van der Waals surface area contributed by atoms with Crippen molar-refractivity contribution < 1.29 is 17.9 Å². The Kier molecular flexibility index (Phi) is 7.43. The largest absolute Gasteiger partial charge is 0.496 e. The molecule has 0 bridgehead atoms. The molecule has 0 heterocycles. The molecular formula is C26H30N2O4S. The number of sulfonamides is 1. The van der Waals surface area contributed by atoms with Gasteiger partial charge in [0.05, 0.1) is 17.7 Å². The number of aryl methyl sites for hydroxylation is 3. The summed E-state index contributed by atoms with van der Waals surface area (Å²) >= 11 is 0. The molecule has 3 rings (SSSR count). The third-order valence-corrected chi connectivity index (χ3v) is 7.20. The molecule has 0 spiro atoms. The summed E-state index contributed by atoms with van der Waals surface area (Å²) in [5, 5.41) is 0. The number of hydrogen-bond acceptors (Lipinski definition) is 4. The Hall–Kier alpha value is -3.32. The van der Waals surface area contributed by atoms with Gasteiger partial charge in [-0.2, -0.15) is 0 Å². The first kappa shape index (κ1) is 24.3. The summed E-state index contributed by atoms with van der Waals surface area (Å²) in [6.45, 7) is 5.69. The first-order valence-corrected chi connectivity index (χ1v) is 12.1. The zero-order chi connectivity index (χ0) is 24.2. The average Bonchev–Trinajstić information content (AvgIpc) is 2.77. The summed E-state index contributed by atoms with van der Waals surface area (Å²) in [5.41, 5.74) is 4.11. The SMILES string of the molecule is COc1ccccc1CN(C)C(=O)CN(c1cc(C)cc(C)c1)S(=O)(=O)c1ccc(C)cc1. The van der Waals surface area contributed by atoms with Gasteiger partial charge in [-0.1, -0.05) is 42.0 Å². The number of rotatable bonds is 8. The third kappa shape index (κ3) is 5.73. The van der Waals surface area contributed by atoms with E-state index in [2.05, 4.69) is 0 Å². The molecule has 7 heteroatoms. The van der Waals surface area contributed by atoms with Crippen molar-refractivity contribution in [1.82, 2.24) is 4.90 Å². The monoisotopic (exact) mass is 466 g/mol. The minimum Gasteiger partial charge on any atom is -0.496 e. The molecule has 6 nitrogen and oxygen atoms in total. The lowest BCUT2D eigenvalue weighted by Gasteiger charge is -2.27. The van der Waals surface area contributed by atoms with E-state index in [0.717, 1.165) is 22.3 Å². The number of anilines is 1. The molecule has 0 unspecified atom stereocenters. The number of nitrogens with zero attached hydrogens (tertiary/aromatic N) is 2. The van der Waals surface area contributed by atoms with Crippen LogP contribution in [0.25, 0.3) is 0 Å². The van der Waals surface area contributed by atoms with Gasteiger partial charge in [0, 0.05) is 19.2 Å². The van der Waals surface area contributed by atoms with Crippen molar-refractivity contribution in [2.75, 3.05) is 25.0 Å². The molecule has 0 aromatic heterocycles. The Balaban J connectivity index is 1.95. The standard InChI is InChI=1S/C26H30N2O4S/c1-19-10-12-24(13-11-19)33(30,31)28(23-15-20(2)14-21(3)16-23)18-26(29)27(4)17-22-8-6-7-9-25(22)32-5/h6-16H,17-18H2,1-5H3. The fraction of sp³-hybridized carbons (Fsp3) is 0.269. The summed E-state index contributed by atoms with van der Waals surface area (Å²) in [7, 11) is -0.718. The molecule has 3 aromatic carbocycles. The van der Waals surface area contributed by atoms with Crippen LogP contribution >= 0.6 is 0 Å². The van der Waals surface area contributed by atoms with Crippen molar-refractivity contribution in [3.63, 3.8) is 0 Å². The number of hydrogen-bond donors (Lipinski definition) is 0. The number of amides is 1. The zero-order valence-corrected chi connectivity index (χ0v) is 20.5. The highest BCUT2D eigenvalue weighted by Gasteiger charge is 2.28. The first-order chi connectivity index (χ1) is 15.6. The number of para-hydroxylation sites is 1. The normalized spacial score (nSPS) is 11.2. The molecule has 33 heavy (non-hydrogen) atoms. The van der Waals surface area contributed by atoms with Crippen LogP contribution in [0.4, 0.5) is 5.69 Å². The van der Waals surface area contributed by atoms with Gasteiger partial charge in [0.15, 0.2) is 0 Å². The van der Waals surface area contributed by atoms with Gasteiger partial charge in [-0.05, 0) is 62.2 Å². The molecule has 3 aromatic rings. The minimum absolute atomic E-state index is 0.146. The quantitative estimate of drug-likeness (QED) is 0.491. The first-order valence-electron chi connectivity index (χ1n) is 10.7. The van der Waals surface area contributed by atoms with Gasteiger partial charge in [-0.3, -0.25) is 9.10 Å². The van der Waals surface area contributed by atoms with E-state index in [1.54, 1.807) is 50.6 Å². The molecule has 0 aliphatic heterocycles. The minimum atomic E-state index is -3.96. The van der Waals surface area contributed by atoms with E-state index in [0.29, 0.717) is 18.0 Å². The van der Waals surface area contributed by atoms with E-state index < -0.39 is 10.0 Å². The van der Waals surface area contributed by atoms with Gasteiger partial charge in [-0.15, -0.1) is 0 Å². The van der Waals surface area contributed by atoms with Crippen molar-refractivity contribution in [3.8, 4) is 5.75 Å². The van der Waals surface area contributed by atoms with Gasteiger partial charge < -0.3 is 9.64 Å². The van der Waals surface area contributed by atoms with Crippen LogP contribution in [-0.2, 0) is 21.4 Å². The van der Waals surface area contributed by atoms with Crippen molar-refractivity contribution in [2.24, 2.45) is 0 Å². The van der Waals surface area contributed by atoms with E-state index in [4.69, 9.17) is 4.74 Å². The Morgan fingerprint density at radius 2 is 1.48 bits per heavy atom. The van der Waals surface area contributed by atoms with Crippen molar-refractivity contribution in [1.29, 1.82) is 0 Å². The van der Waals surface area contributed by atoms with E-state index in [-0.39, 0.29) is 17.3 Å². The second-order valence-corrected chi connectivity index (χ2v) is 10.1. The summed E-state index contributed by atoms with van der Waals surface area (Å²) in [5.74, 6) is 0.353. The van der Waals surface area contributed by atoms with Gasteiger partial charge in [0.25, 0.3) is 10.0 Å². The third-order valence-electron chi connectivity index (χ3n) is 5.41. The fourth-order valence-corrected chi connectivity index (χ4v) is 5.07. The second-order valence-electron chi connectivity index (χ2n) is 8.23. The Labute approximate surface area is 196 Å². The Bertz CT molecular complexity index is 1220. The van der Waals surface area contributed by atoms with Crippen LogP contribution in [0.5, 0.6) is 5.75 Å². The molecule has 1 amide bonds. The van der Waals surface area contributed by atoms with E-state index in [1.165, 1.54) is 9.21 Å². The van der Waals surface area contributed by atoms with Gasteiger partial charge in [0.2, 0.25) is 5.91 Å². The summed E-state index contributed by atoms with van der Waals surface area (Å²) in [4.78, 5) is 14.9. The molecule has 0 fully saturated rings. The van der Waals surface area contributed by atoms with Crippen molar-refractivity contribution in [2.45, 2.75) is 32.2 Å². The molecular weight excluding hydrogens is 436 g/mol. The number of carbonyl (C=O) groups excluding carboxylic acids is 1. The lowest BCUT2D eigenvalue weighted by atomic mass is 10.1. The van der Waals surface area contributed by atoms with Gasteiger partial charge in [0.1, 0.15) is 12.3 Å².